The molecule has 0 aromatic heterocycles. The Morgan fingerprint density at radius 2 is 1.95 bits per heavy atom. The number of aryl methyl sites for hydroxylation is 2. The Morgan fingerprint density at radius 1 is 1.23 bits per heavy atom. The third-order valence-electron chi connectivity index (χ3n) is 4.56. The summed E-state index contributed by atoms with van der Waals surface area (Å²) < 4.78 is 5.88. The number of rotatable bonds is 5. The van der Waals surface area contributed by atoms with Crippen molar-refractivity contribution >= 4 is 5.91 Å². The van der Waals surface area contributed by atoms with Gasteiger partial charge in [-0.15, -0.1) is 0 Å². The van der Waals surface area contributed by atoms with E-state index in [1.165, 1.54) is 6.42 Å². The van der Waals surface area contributed by atoms with Gasteiger partial charge in [-0.25, -0.2) is 0 Å². The van der Waals surface area contributed by atoms with E-state index in [-0.39, 0.29) is 0 Å². The molecule has 22 heavy (non-hydrogen) atoms. The van der Waals surface area contributed by atoms with E-state index in [2.05, 4.69) is 32.9 Å². The first-order valence-electron chi connectivity index (χ1n) is 8.54. The maximum Gasteiger partial charge on any atom is 0.222 e. The van der Waals surface area contributed by atoms with Gasteiger partial charge in [-0.3, -0.25) is 4.79 Å². The Kier molecular flexibility index (Phi) is 6.29. The third kappa shape index (κ3) is 4.75. The van der Waals surface area contributed by atoms with Crippen LogP contribution in [0.1, 0.15) is 50.2 Å². The van der Waals surface area contributed by atoms with E-state index >= 15 is 0 Å². The molecular formula is C19H29NO2. The lowest BCUT2D eigenvalue weighted by atomic mass is 10.0. The fraction of sp³-hybridized carbons (Fsp3) is 0.632. The molecule has 0 saturated carbocycles. The highest BCUT2D eigenvalue weighted by molar-refractivity contribution is 5.76. The minimum atomic E-state index is 0.291. The summed E-state index contributed by atoms with van der Waals surface area (Å²) in [5.41, 5.74) is 2.32. The number of amides is 1. The van der Waals surface area contributed by atoms with Gasteiger partial charge < -0.3 is 9.64 Å². The summed E-state index contributed by atoms with van der Waals surface area (Å²) in [5, 5.41) is 0. The average molecular weight is 303 g/mol. The number of carbonyl (C=O) groups is 1. The van der Waals surface area contributed by atoms with E-state index < -0.39 is 0 Å². The minimum Gasteiger partial charge on any atom is -0.493 e. The van der Waals surface area contributed by atoms with Crippen molar-refractivity contribution in [3.8, 4) is 5.75 Å². The molecular weight excluding hydrogens is 274 g/mol. The molecule has 1 amide bonds. The summed E-state index contributed by atoms with van der Waals surface area (Å²) in [5.74, 6) is 2.02. The Bertz CT molecular complexity index is 478. The first kappa shape index (κ1) is 16.9. The van der Waals surface area contributed by atoms with Crippen LogP contribution in [0.2, 0.25) is 0 Å². The Balaban J connectivity index is 1.73. The topological polar surface area (TPSA) is 29.5 Å². The molecule has 1 atom stereocenters. The lowest BCUT2D eigenvalue weighted by Gasteiger charge is -2.20. The molecule has 1 fully saturated rings. The zero-order valence-electron chi connectivity index (χ0n) is 14.2. The Hall–Kier alpha value is -1.51. The normalized spacial score (nSPS) is 18.9. The number of benzene rings is 1. The van der Waals surface area contributed by atoms with Crippen LogP contribution in [-0.4, -0.2) is 30.5 Å². The lowest BCUT2D eigenvalue weighted by Crippen LogP contribution is -2.32. The average Bonchev–Trinajstić information content (AvgIpc) is 2.70. The molecule has 0 N–H and O–H groups in total. The van der Waals surface area contributed by atoms with E-state index in [0.29, 0.717) is 18.9 Å². The standard InChI is InChI=1S/C19H29NO2/c1-15-7-5-12-20(13-11-15)18(21)10-6-14-22-19-16(2)8-4-9-17(19)3/h4,8-9,15H,5-7,10-14H2,1-3H3. The Morgan fingerprint density at radius 3 is 2.68 bits per heavy atom. The molecule has 0 aliphatic carbocycles. The maximum atomic E-state index is 12.3. The summed E-state index contributed by atoms with van der Waals surface area (Å²) in [6.07, 6.45) is 4.92. The van der Waals surface area contributed by atoms with Crippen LogP contribution in [0, 0.1) is 19.8 Å². The predicted molar refractivity (Wildman–Crippen MR) is 90.2 cm³/mol. The van der Waals surface area contributed by atoms with Gasteiger partial charge in [-0.05, 0) is 56.6 Å². The maximum absolute atomic E-state index is 12.3. The number of ether oxygens (including phenoxy) is 1. The second-order valence-electron chi connectivity index (χ2n) is 6.59. The molecule has 122 valence electrons. The van der Waals surface area contributed by atoms with Crippen molar-refractivity contribution in [2.45, 2.75) is 52.9 Å². The van der Waals surface area contributed by atoms with Crippen LogP contribution in [0.4, 0.5) is 0 Å². The van der Waals surface area contributed by atoms with Crippen LogP contribution in [0.3, 0.4) is 0 Å². The van der Waals surface area contributed by atoms with Crippen molar-refractivity contribution in [1.29, 1.82) is 0 Å². The second kappa shape index (κ2) is 8.21. The number of likely N-dealkylation sites (tertiary alicyclic amines) is 1. The quantitative estimate of drug-likeness (QED) is 0.766. The van der Waals surface area contributed by atoms with Gasteiger partial charge in [0.15, 0.2) is 0 Å². The van der Waals surface area contributed by atoms with Crippen LogP contribution in [0.15, 0.2) is 18.2 Å². The number of hydrogen-bond acceptors (Lipinski definition) is 2. The molecule has 1 saturated heterocycles. The van der Waals surface area contributed by atoms with E-state index in [0.717, 1.165) is 55.1 Å². The van der Waals surface area contributed by atoms with E-state index in [4.69, 9.17) is 4.74 Å². The van der Waals surface area contributed by atoms with Crippen molar-refractivity contribution < 1.29 is 9.53 Å². The van der Waals surface area contributed by atoms with Crippen molar-refractivity contribution in [2.24, 2.45) is 5.92 Å². The highest BCUT2D eigenvalue weighted by Gasteiger charge is 2.18. The van der Waals surface area contributed by atoms with E-state index in [9.17, 15) is 4.79 Å². The molecule has 1 aromatic rings. The summed E-state index contributed by atoms with van der Waals surface area (Å²) in [6.45, 7) is 8.88. The second-order valence-corrected chi connectivity index (χ2v) is 6.59. The molecule has 3 nitrogen and oxygen atoms in total. The molecule has 1 unspecified atom stereocenters. The van der Waals surface area contributed by atoms with E-state index in [1.807, 2.05) is 11.0 Å². The SMILES string of the molecule is Cc1cccc(C)c1OCCCC(=O)N1CCCC(C)CC1. The molecule has 3 heteroatoms. The summed E-state index contributed by atoms with van der Waals surface area (Å²) in [7, 11) is 0. The summed E-state index contributed by atoms with van der Waals surface area (Å²) >= 11 is 0. The molecule has 1 aliphatic rings. The largest absolute Gasteiger partial charge is 0.493 e. The van der Waals surface area contributed by atoms with E-state index in [1.54, 1.807) is 0 Å². The van der Waals surface area contributed by atoms with Gasteiger partial charge in [0.25, 0.3) is 0 Å². The number of hydrogen-bond donors (Lipinski definition) is 0. The fourth-order valence-corrected chi connectivity index (χ4v) is 3.09. The smallest absolute Gasteiger partial charge is 0.222 e. The number of nitrogens with zero attached hydrogens (tertiary/aromatic N) is 1. The van der Waals surface area contributed by atoms with Gasteiger partial charge in [0.1, 0.15) is 5.75 Å². The highest BCUT2D eigenvalue weighted by Crippen LogP contribution is 2.22. The molecule has 1 aliphatic heterocycles. The van der Waals surface area contributed by atoms with Gasteiger partial charge in [0, 0.05) is 19.5 Å². The van der Waals surface area contributed by atoms with Crippen LogP contribution in [0.25, 0.3) is 0 Å². The fourth-order valence-electron chi connectivity index (χ4n) is 3.09. The van der Waals surface area contributed by atoms with Crippen molar-refractivity contribution in [3.05, 3.63) is 29.3 Å². The van der Waals surface area contributed by atoms with Crippen molar-refractivity contribution in [1.82, 2.24) is 4.90 Å². The van der Waals surface area contributed by atoms with Gasteiger partial charge >= 0.3 is 0 Å². The lowest BCUT2D eigenvalue weighted by molar-refractivity contribution is -0.131. The Labute approximate surface area is 134 Å². The third-order valence-corrected chi connectivity index (χ3v) is 4.56. The van der Waals surface area contributed by atoms with Crippen molar-refractivity contribution in [2.75, 3.05) is 19.7 Å². The van der Waals surface area contributed by atoms with Gasteiger partial charge in [0.05, 0.1) is 6.61 Å². The molecule has 2 rings (SSSR count). The predicted octanol–water partition coefficient (Wildman–Crippen LogP) is 4.11. The number of carbonyl (C=O) groups excluding carboxylic acids is 1. The summed E-state index contributed by atoms with van der Waals surface area (Å²) in [4.78, 5) is 14.3. The van der Waals surface area contributed by atoms with Gasteiger partial charge in [0.2, 0.25) is 5.91 Å². The minimum absolute atomic E-state index is 0.291. The first-order chi connectivity index (χ1) is 10.6. The zero-order valence-corrected chi connectivity index (χ0v) is 14.2. The van der Waals surface area contributed by atoms with Crippen LogP contribution in [0.5, 0.6) is 5.75 Å². The van der Waals surface area contributed by atoms with Crippen LogP contribution >= 0.6 is 0 Å². The monoisotopic (exact) mass is 303 g/mol. The van der Waals surface area contributed by atoms with Crippen molar-refractivity contribution in [3.63, 3.8) is 0 Å². The van der Waals surface area contributed by atoms with Gasteiger partial charge in [-0.1, -0.05) is 25.1 Å². The molecule has 0 radical (unpaired) electrons. The van der Waals surface area contributed by atoms with Crippen LogP contribution < -0.4 is 4.74 Å². The summed E-state index contributed by atoms with van der Waals surface area (Å²) in [6, 6.07) is 6.17. The zero-order chi connectivity index (χ0) is 15.9. The first-order valence-corrected chi connectivity index (χ1v) is 8.54. The molecule has 1 aromatic carbocycles. The molecule has 1 heterocycles. The number of para-hydroxylation sites is 1. The van der Waals surface area contributed by atoms with Gasteiger partial charge in [-0.2, -0.15) is 0 Å². The van der Waals surface area contributed by atoms with Crippen LogP contribution in [-0.2, 0) is 4.79 Å². The molecule has 0 spiro atoms. The highest BCUT2D eigenvalue weighted by atomic mass is 16.5. The molecule has 0 bridgehead atoms.